The van der Waals surface area contributed by atoms with Crippen molar-refractivity contribution in [1.29, 1.82) is 0 Å². The normalized spacial score (nSPS) is 16.1. The van der Waals surface area contributed by atoms with Crippen molar-refractivity contribution in [2.75, 3.05) is 6.61 Å². The predicted octanol–water partition coefficient (Wildman–Crippen LogP) is 4.81. The third-order valence-electron chi connectivity index (χ3n) is 4.81. The minimum Gasteiger partial charge on any atom is -0.494 e. The van der Waals surface area contributed by atoms with Crippen LogP contribution in [0.5, 0.6) is 5.75 Å². The molecule has 1 aliphatic rings. The Morgan fingerprint density at radius 3 is 2.78 bits per heavy atom. The molecule has 146 valence electrons. The van der Waals surface area contributed by atoms with E-state index in [2.05, 4.69) is 15.5 Å². The molecule has 1 aromatic carbocycles. The van der Waals surface area contributed by atoms with Crippen molar-refractivity contribution >= 4 is 17.5 Å². The number of carbonyl (C=O) groups is 1. The number of nitrogens with one attached hydrogen (secondary N) is 1. The highest BCUT2D eigenvalue weighted by molar-refractivity contribution is 6.30. The van der Waals surface area contributed by atoms with Crippen LogP contribution in [0.4, 0.5) is 0 Å². The van der Waals surface area contributed by atoms with Gasteiger partial charge >= 0.3 is 0 Å². The van der Waals surface area contributed by atoms with Gasteiger partial charge in [0.05, 0.1) is 6.61 Å². The van der Waals surface area contributed by atoms with Crippen molar-refractivity contribution in [2.45, 2.75) is 63.8 Å². The summed E-state index contributed by atoms with van der Waals surface area (Å²) in [5, 5.41) is 7.70. The number of ether oxygens (including phenoxy) is 1. The minimum absolute atomic E-state index is 0.0559. The predicted molar refractivity (Wildman–Crippen MR) is 103 cm³/mol. The van der Waals surface area contributed by atoms with Gasteiger partial charge in [-0.05, 0) is 50.5 Å². The fraction of sp³-hybridized carbons (Fsp3) is 0.550. The molecule has 0 saturated heterocycles. The maximum Gasteiger partial charge on any atom is 0.248 e. The lowest BCUT2D eigenvalue weighted by atomic mass is 9.89. The van der Waals surface area contributed by atoms with E-state index < -0.39 is 0 Å². The Bertz CT molecular complexity index is 726. The lowest BCUT2D eigenvalue weighted by Gasteiger charge is -2.17. The summed E-state index contributed by atoms with van der Waals surface area (Å²) in [6.07, 6.45) is 6.97. The van der Waals surface area contributed by atoms with E-state index in [0.29, 0.717) is 36.3 Å². The lowest BCUT2D eigenvalue weighted by molar-refractivity contribution is -0.122. The van der Waals surface area contributed by atoms with E-state index in [1.54, 1.807) is 12.1 Å². The second-order valence-electron chi connectivity index (χ2n) is 7.02. The molecule has 1 N–H and O–H groups in total. The van der Waals surface area contributed by atoms with Crippen LogP contribution in [0.25, 0.3) is 0 Å². The highest BCUT2D eigenvalue weighted by Crippen LogP contribution is 2.31. The van der Waals surface area contributed by atoms with Gasteiger partial charge in [-0.15, -0.1) is 0 Å². The van der Waals surface area contributed by atoms with Gasteiger partial charge in [-0.25, -0.2) is 0 Å². The summed E-state index contributed by atoms with van der Waals surface area (Å²) in [7, 11) is 0. The maximum absolute atomic E-state index is 12.1. The first-order valence-electron chi connectivity index (χ1n) is 9.63. The van der Waals surface area contributed by atoms with Gasteiger partial charge in [-0.2, -0.15) is 4.98 Å². The highest BCUT2D eigenvalue weighted by atomic mass is 35.5. The summed E-state index contributed by atoms with van der Waals surface area (Å²) in [6, 6.07) is 6.88. The van der Waals surface area contributed by atoms with Crippen molar-refractivity contribution in [1.82, 2.24) is 15.5 Å². The largest absolute Gasteiger partial charge is 0.494 e. The molecular weight excluding hydrogens is 366 g/mol. The molecule has 0 spiro atoms. The summed E-state index contributed by atoms with van der Waals surface area (Å²) in [5.74, 6) is 2.33. The van der Waals surface area contributed by atoms with E-state index in [-0.39, 0.29) is 11.9 Å². The Kier molecular flexibility index (Phi) is 7.10. The molecule has 3 rings (SSSR count). The molecule has 1 saturated carbocycles. The lowest BCUT2D eigenvalue weighted by Crippen LogP contribution is -2.27. The van der Waals surface area contributed by atoms with Crippen LogP contribution in [0, 0.1) is 0 Å². The quantitative estimate of drug-likeness (QED) is 0.653. The molecule has 6 nitrogen and oxygen atoms in total. The van der Waals surface area contributed by atoms with Gasteiger partial charge in [0.1, 0.15) is 11.8 Å². The number of benzene rings is 1. The standard InChI is InChI=1S/C20H26ClN3O3/c1-14(20-23-19(24-27-20)15-6-3-2-4-7-15)22-18(25)8-5-13-26-17-11-9-16(21)10-12-17/h9-12,14-15H,2-8,13H2,1H3,(H,22,25). The summed E-state index contributed by atoms with van der Waals surface area (Å²) >= 11 is 5.83. The number of nitrogens with zero attached hydrogens (tertiary/aromatic N) is 2. The van der Waals surface area contributed by atoms with Gasteiger partial charge in [0.25, 0.3) is 0 Å². The number of halogens is 1. The van der Waals surface area contributed by atoms with Crippen LogP contribution in [0.15, 0.2) is 28.8 Å². The summed E-state index contributed by atoms with van der Waals surface area (Å²) in [4.78, 5) is 16.6. The smallest absolute Gasteiger partial charge is 0.248 e. The zero-order valence-corrected chi connectivity index (χ0v) is 16.4. The summed E-state index contributed by atoms with van der Waals surface area (Å²) in [5.41, 5.74) is 0. The fourth-order valence-corrected chi connectivity index (χ4v) is 3.40. The van der Waals surface area contributed by atoms with Crippen LogP contribution < -0.4 is 10.1 Å². The maximum atomic E-state index is 12.1. The van der Waals surface area contributed by atoms with Gasteiger partial charge in [0, 0.05) is 17.4 Å². The molecule has 1 fully saturated rings. The molecule has 0 aliphatic heterocycles. The Morgan fingerprint density at radius 2 is 2.04 bits per heavy atom. The highest BCUT2D eigenvalue weighted by Gasteiger charge is 2.23. The summed E-state index contributed by atoms with van der Waals surface area (Å²) < 4.78 is 11.0. The molecule has 1 heterocycles. The molecule has 1 atom stereocenters. The molecule has 0 radical (unpaired) electrons. The average molecular weight is 392 g/mol. The van der Waals surface area contributed by atoms with Crippen molar-refractivity contribution in [3.63, 3.8) is 0 Å². The van der Waals surface area contributed by atoms with E-state index in [1.807, 2.05) is 19.1 Å². The number of aromatic nitrogens is 2. The first-order valence-corrected chi connectivity index (χ1v) is 10.0. The van der Waals surface area contributed by atoms with Gasteiger partial charge in [0.2, 0.25) is 11.8 Å². The minimum atomic E-state index is -0.292. The van der Waals surface area contributed by atoms with E-state index >= 15 is 0 Å². The van der Waals surface area contributed by atoms with Crippen LogP contribution in [-0.2, 0) is 4.79 Å². The second-order valence-corrected chi connectivity index (χ2v) is 7.46. The Hall–Kier alpha value is -2.08. The van der Waals surface area contributed by atoms with Crippen molar-refractivity contribution < 1.29 is 14.1 Å². The molecule has 0 bridgehead atoms. The molecule has 1 aliphatic carbocycles. The van der Waals surface area contributed by atoms with Crippen molar-refractivity contribution in [3.8, 4) is 5.75 Å². The van der Waals surface area contributed by atoms with Crippen molar-refractivity contribution in [2.24, 2.45) is 0 Å². The second kappa shape index (κ2) is 9.74. The topological polar surface area (TPSA) is 77.2 Å². The SMILES string of the molecule is CC(NC(=O)CCCOc1ccc(Cl)cc1)c1nc(C2CCCCC2)no1. The van der Waals surface area contributed by atoms with Gasteiger partial charge in [0.15, 0.2) is 5.82 Å². The molecule has 1 unspecified atom stereocenters. The third kappa shape index (κ3) is 5.96. The molecule has 2 aromatic rings. The first kappa shape index (κ1) is 19.7. The average Bonchev–Trinajstić information content (AvgIpc) is 3.18. The number of hydrogen-bond donors (Lipinski definition) is 1. The molecular formula is C20H26ClN3O3. The van der Waals surface area contributed by atoms with Gasteiger partial charge < -0.3 is 14.6 Å². The molecule has 1 amide bonds. The number of hydrogen-bond acceptors (Lipinski definition) is 5. The molecule has 27 heavy (non-hydrogen) atoms. The zero-order chi connectivity index (χ0) is 19.1. The Labute approximate surface area is 164 Å². The summed E-state index contributed by atoms with van der Waals surface area (Å²) in [6.45, 7) is 2.33. The number of rotatable bonds is 8. The zero-order valence-electron chi connectivity index (χ0n) is 15.6. The van der Waals surface area contributed by atoms with E-state index in [0.717, 1.165) is 24.4 Å². The van der Waals surface area contributed by atoms with Crippen molar-refractivity contribution in [3.05, 3.63) is 41.0 Å². The van der Waals surface area contributed by atoms with Gasteiger partial charge in [-0.1, -0.05) is 36.0 Å². The van der Waals surface area contributed by atoms with E-state index in [1.165, 1.54) is 19.3 Å². The van der Waals surface area contributed by atoms with E-state index in [9.17, 15) is 4.79 Å². The molecule has 1 aromatic heterocycles. The van der Waals surface area contributed by atoms with Crippen LogP contribution in [0.2, 0.25) is 5.02 Å². The molecule has 7 heteroatoms. The van der Waals surface area contributed by atoms with E-state index in [4.69, 9.17) is 20.9 Å². The number of amides is 1. The third-order valence-corrected chi connectivity index (χ3v) is 5.06. The van der Waals surface area contributed by atoms with Crippen LogP contribution in [0.1, 0.15) is 75.5 Å². The van der Waals surface area contributed by atoms with Crippen LogP contribution in [0.3, 0.4) is 0 Å². The Balaban J connectivity index is 1.38. The first-order chi connectivity index (χ1) is 13.1. The Morgan fingerprint density at radius 1 is 1.30 bits per heavy atom. The number of carbonyl (C=O) groups excluding carboxylic acids is 1. The fourth-order valence-electron chi connectivity index (χ4n) is 3.28. The van der Waals surface area contributed by atoms with Gasteiger partial charge in [-0.3, -0.25) is 4.79 Å². The van der Waals surface area contributed by atoms with Crippen LogP contribution >= 0.6 is 11.6 Å². The van der Waals surface area contributed by atoms with Crippen LogP contribution in [-0.4, -0.2) is 22.7 Å². The monoisotopic (exact) mass is 391 g/mol.